The molecule has 2 aromatic rings. The number of ether oxygens (including phenoxy) is 1. The van der Waals surface area contributed by atoms with E-state index >= 15 is 0 Å². The van der Waals surface area contributed by atoms with Crippen molar-refractivity contribution in [3.05, 3.63) is 28.6 Å². The molecule has 0 fully saturated rings. The van der Waals surface area contributed by atoms with Gasteiger partial charge in [-0.3, -0.25) is 0 Å². The molecule has 0 radical (unpaired) electrons. The van der Waals surface area contributed by atoms with Crippen LogP contribution in [0.1, 0.15) is 11.1 Å². The van der Waals surface area contributed by atoms with Crippen molar-refractivity contribution in [1.29, 1.82) is 0 Å². The van der Waals surface area contributed by atoms with Gasteiger partial charge in [0.05, 0.1) is 13.7 Å². The highest BCUT2D eigenvalue weighted by Crippen LogP contribution is 2.34. The second-order valence-electron chi connectivity index (χ2n) is 3.25. The van der Waals surface area contributed by atoms with Gasteiger partial charge >= 0.3 is 0 Å². The van der Waals surface area contributed by atoms with Crippen molar-refractivity contribution in [2.45, 2.75) is 13.5 Å². The predicted octanol–water partition coefficient (Wildman–Crippen LogP) is 2.71. The summed E-state index contributed by atoms with van der Waals surface area (Å²) in [5.74, 6) is 0.852. The summed E-state index contributed by atoms with van der Waals surface area (Å²) in [6, 6.07) is 3.90. The lowest BCUT2D eigenvalue weighted by Crippen LogP contribution is -1.88. The number of rotatable bonds is 2. The van der Waals surface area contributed by atoms with Crippen LogP contribution in [0.5, 0.6) is 5.75 Å². The number of thiophene rings is 1. The van der Waals surface area contributed by atoms with E-state index in [1.165, 1.54) is 10.3 Å². The van der Waals surface area contributed by atoms with E-state index in [2.05, 4.69) is 12.3 Å². The van der Waals surface area contributed by atoms with Crippen LogP contribution < -0.4 is 4.74 Å². The summed E-state index contributed by atoms with van der Waals surface area (Å²) in [5, 5.41) is 12.3. The topological polar surface area (TPSA) is 29.5 Å². The fourth-order valence-electron chi connectivity index (χ4n) is 1.59. The summed E-state index contributed by atoms with van der Waals surface area (Å²) in [6.07, 6.45) is 0. The largest absolute Gasteiger partial charge is 0.496 e. The molecule has 14 heavy (non-hydrogen) atoms. The van der Waals surface area contributed by atoms with E-state index in [0.717, 1.165) is 16.7 Å². The van der Waals surface area contributed by atoms with Crippen molar-refractivity contribution in [3.8, 4) is 5.75 Å². The maximum Gasteiger partial charge on any atom is 0.128 e. The van der Waals surface area contributed by atoms with Crippen molar-refractivity contribution < 1.29 is 9.84 Å². The summed E-state index contributed by atoms with van der Waals surface area (Å²) in [6.45, 7) is 2.13. The van der Waals surface area contributed by atoms with Crippen molar-refractivity contribution in [1.82, 2.24) is 0 Å². The normalized spacial score (nSPS) is 10.8. The minimum atomic E-state index is 0.0588. The fourth-order valence-corrected chi connectivity index (χ4v) is 2.61. The highest BCUT2D eigenvalue weighted by atomic mass is 32.1. The zero-order valence-electron chi connectivity index (χ0n) is 8.20. The minimum absolute atomic E-state index is 0.0588. The molecule has 2 nitrogen and oxygen atoms in total. The van der Waals surface area contributed by atoms with E-state index in [-0.39, 0.29) is 6.61 Å². The van der Waals surface area contributed by atoms with Gasteiger partial charge in [0, 0.05) is 10.1 Å². The average Bonchev–Trinajstić information content (AvgIpc) is 2.59. The summed E-state index contributed by atoms with van der Waals surface area (Å²) in [5.41, 5.74) is 2.13. The molecule has 0 saturated carbocycles. The molecule has 0 aliphatic rings. The van der Waals surface area contributed by atoms with Crippen molar-refractivity contribution in [2.75, 3.05) is 7.11 Å². The first kappa shape index (κ1) is 9.49. The van der Waals surface area contributed by atoms with Crippen LogP contribution in [0.2, 0.25) is 0 Å². The van der Waals surface area contributed by atoms with Crippen LogP contribution in [0.15, 0.2) is 17.5 Å². The summed E-state index contributed by atoms with van der Waals surface area (Å²) >= 11 is 1.68. The molecule has 74 valence electrons. The zero-order chi connectivity index (χ0) is 10.1. The Morgan fingerprint density at radius 2 is 2.21 bits per heavy atom. The molecule has 1 aromatic heterocycles. The number of aliphatic hydroxyl groups is 1. The van der Waals surface area contributed by atoms with Gasteiger partial charge in [-0.2, -0.15) is 0 Å². The maximum atomic E-state index is 9.07. The van der Waals surface area contributed by atoms with Gasteiger partial charge in [0.25, 0.3) is 0 Å². The van der Waals surface area contributed by atoms with E-state index in [1.54, 1.807) is 18.4 Å². The summed E-state index contributed by atoms with van der Waals surface area (Å²) < 4.78 is 6.48. The van der Waals surface area contributed by atoms with Crippen LogP contribution in [0.4, 0.5) is 0 Å². The van der Waals surface area contributed by atoms with Gasteiger partial charge in [-0.15, -0.1) is 11.3 Å². The Morgan fingerprint density at radius 1 is 1.43 bits per heavy atom. The molecule has 3 heteroatoms. The monoisotopic (exact) mass is 208 g/mol. The van der Waals surface area contributed by atoms with Gasteiger partial charge in [0.2, 0.25) is 0 Å². The van der Waals surface area contributed by atoms with Gasteiger partial charge in [0.1, 0.15) is 5.75 Å². The lowest BCUT2D eigenvalue weighted by Gasteiger charge is -2.05. The van der Waals surface area contributed by atoms with Crippen molar-refractivity contribution in [3.63, 3.8) is 0 Å². The van der Waals surface area contributed by atoms with Gasteiger partial charge in [-0.1, -0.05) is 0 Å². The third-order valence-corrected chi connectivity index (χ3v) is 3.33. The molecule has 0 saturated heterocycles. The number of aliphatic hydroxyl groups excluding tert-OH is 1. The Morgan fingerprint density at radius 3 is 2.86 bits per heavy atom. The molecule has 0 amide bonds. The standard InChI is InChI=1S/C11H12O2S/c1-7-6-14-10-4-8(5-12)3-9(13-2)11(7)10/h3-4,6,12H,5H2,1-2H3. The van der Waals surface area contributed by atoms with Crippen molar-refractivity contribution in [2.24, 2.45) is 0 Å². The van der Waals surface area contributed by atoms with Gasteiger partial charge in [-0.25, -0.2) is 0 Å². The number of aryl methyl sites for hydroxylation is 1. The third kappa shape index (κ3) is 1.38. The molecule has 1 aromatic carbocycles. The minimum Gasteiger partial charge on any atom is -0.496 e. The molecule has 0 unspecified atom stereocenters. The SMILES string of the molecule is COc1cc(CO)cc2scc(C)c12. The molecule has 2 rings (SSSR count). The zero-order valence-corrected chi connectivity index (χ0v) is 9.02. The Kier molecular flexibility index (Phi) is 2.44. The van der Waals surface area contributed by atoms with E-state index in [4.69, 9.17) is 9.84 Å². The molecular weight excluding hydrogens is 196 g/mol. The van der Waals surface area contributed by atoms with E-state index in [1.807, 2.05) is 12.1 Å². The van der Waals surface area contributed by atoms with Crippen LogP contribution in [-0.4, -0.2) is 12.2 Å². The lowest BCUT2D eigenvalue weighted by atomic mass is 10.1. The first-order valence-corrected chi connectivity index (χ1v) is 5.30. The molecule has 0 aliphatic carbocycles. The maximum absolute atomic E-state index is 9.07. The Labute approximate surface area is 86.8 Å². The van der Waals surface area contributed by atoms with Crippen LogP contribution in [0, 0.1) is 6.92 Å². The predicted molar refractivity (Wildman–Crippen MR) is 59.0 cm³/mol. The van der Waals surface area contributed by atoms with Crippen LogP contribution >= 0.6 is 11.3 Å². The molecule has 1 heterocycles. The number of fused-ring (bicyclic) bond motifs is 1. The summed E-state index contributed by atoms with van der Waals surface area (Å²) in [7, 11) is 1.66. The molecule has 0 spiro atoms. The number of hydrogen-bond donors (Lipinski definition) is 1. The van der Waals surface area contributed by atoms with E-state index in [0.29, 0.717) is 0 Å². The van der Waals surface area contributed by atoms with E-state index < -0.39 is 0 Å². The van der Waals surface area contributed by atoms with Crippen LogP contribution in [0.3, 0.4) is 0 Å². The molecular formula is C11H12O2S. The van der Waals surface area contributed by atoms with Crippen LogP contribution in [0.25, 0.3) is 10.1 Å². The third-order valence-electron chi connectivity index (χ3n) is 2.29. The quantitative estimate of drug-likeness (QED) is 0.822. The Hall–Kier alpha value is -1.06. The van der Waals surface area contributed by atoms with Gasteiger partial charge in [-0.05, 0) is 35.6 Å². The van der Waals surface area contributed by atoms with Crippen LogP contribution in [-0.2, 0) is 6.61 Å². The lowest BCUT2D eigenvalue weighted by molar-refractivity contribution is 0.281. The molecule has 1 N–H and O–H groups in total. The van der Waals surface area contributed by atoms with Crippen molar-refractivity contribution >= 4 is 21.4 Å². The number of methoxy groups -OCH3 is 1. The summed E-state index contributed by atoms with van der Waals surface area (Å²) in [4.78, 5) is 0. The second-order valence-corrected chi connectivity index (χ2v) is 4.16. The first-order chi connectivity index (χ1) is 6.76. The Balaban J connectivity index is 2.76. The number of benzene rings is 1. The smallest absolute Gasteiger partial charge is 0.128 e. The first-order valence-electron chi connectivity index (χ1n) is 4.42. The molecule has 0 atom stereocenters. The second kappa shape index (κ2) is 3.59. The van der Waals surface area contributed by atoms with E-state index in [9.17, 15) is 0 Å². The fraction of sp³-hybridized carbons (Fsp3) is 0.273. The average molecular weight is 208 g/mol. The highest BCUT2D eigenvalue weighted by molar-refractivity contribution is 7.17. The molecule has 0 bridgehead atoms. The molecule has 0 aliphatic heterocycles. The van der Waals surface area contributed by atoms with Gasteiger partial charge in [0.15, 0.2) is 0 Å². The number of hydrogen-bond acceptors (Lipinski definition) is 3. The highest BCUT2D eigenvalue weighted by Gasteiger charge is 2.08. The Bertz CT molecular complexity index is 460. The van der Waals surface area contributed by atoms with Gasteiger partial charge < -0.3 is 9.84 Å².